The topological polar surface area (TPSA) is 68.6 Å². The van der Waals surface area contributed by atoms with Gasteiger partial charge in [0.2, 0.25) is 10.0 Å². The lowest BCUT2D eigenvalue weighted by atomic mass is 9.84. The normalized spacial score (nSPS) is 23.1. The summed E-state index contributed by atoms with van der Waals surface area (Å²) in [4.78, 5) is 12.4. The molecule has 0 N–H and O–H groups in total. The first kappa shape index (κ1) is 16.4. The van der Waals surface area contributed by atoms with Crippen LogP contribution in [-0.4, -0.2) is 37.5 Å². The first-order valence-electron chi connectivity index (χ1n) is 8.33. The standard InChI is InChI=1S/C18H20N2O4S/c1-24-15-5-7-16(8-6-15)25(22,23)19-10-13-9-14(12-19)17-3-2-4-18(21)20(17)11-13/h2-8,13-14H,9-12H2,1H3/t13-,14+/m0/s1. The van der Waals surface area contributed by atoms with Crippen LogP contribution in [0.2, 0.25) is 0 Å². The van der Waals surface area contributed by atoms with Gasteiger partial charge in [-0.3, -0.25) is 4.79 Å². The maximum atomic E-state index is 13.0. The number of sulfonamides is 1. The van der Waals surface area contributed by atoms with Crippen LogP contribution in [0.3, 0.4) is 0 Å². The Labute approximate surface area is 146 Å². The van der Waals surface area contributed by atoms with Gasteiger partial charge in [0.05, 0.1) is 12.0 Å². The Morgan fingerprint density at radius 3 is 2.52 bits per heavy atom. The number of aromatic nitrogens is 1. The second-order valence-corrected chi connectivity index (χ2v) is 8.63. The van der Waals surface area contributed by atoms with Crippen molar-refractivity contribution in [3.8, 4) is 5.75 Å². The number of rotatable bonds is 3. The molecule has 1 saturated heterocycles. The SMILES string of the molecule is COc1ccc(S(=O)(=O)N2C[C@@H]3C[C@H](C2)c2cccc(=O)n2C3)cc1. The molecule has 0 unspecified atom stereocenters. The van der Waals surface area contributed by atoms with E-state index in [1.54, 1.807) is 52.4 Å². The first-order valence-corrected chi connectivity index (χ1v) is 9.77. The van der Waals surface area contributed by atoms with Crippen LogP contribution in [-0.2, 0) is 16.6 Å². The molecule has 4 rings (SSSR count). The van der Waals surface area contributed by atoms with E-state index in [1.165, 1.54) is 0 Å². The van der Waals surface area contributed by atoms with Gasteiger partial charge in [-0.25, -0.2) is 8.42 Å². The minimum Gasteiger partial charge on any atom is -0.497 e. The number of pyridine rings is 1. The summed E-state index contributed by atoms with van der Waals surface area (Å²) in [6, 6.07) is 11.7. The average molecular weight is 360 g/mol. The van der Waals surface area contributed by atoms with Crippen LogP contribution >= 0.6 is 0 Å². The van der Waals surface area contributed by atoms with E-state index in [1.807, 2.05) is 6.07 Å². The fraction of sp³-hybridized carbons (Fsp3) is 0.389. The summed E-state index contributed by atoms with van der Waals surface area (Å²) in [5, 5.41) is 0. The number of methoxy groups -OCH3 is 1. The van der Waals surface area contributed by atoms with Crippen molar-refractivity contribution >= 4 is 10.0 Å². The van der Waals surface area contributed by atoms with Crippen LogP contribution < -0.4 is 10.3 Å². The molecule has 1 fully saturated rings. The van der Waals surface area contributed by atoms with Crippen molar-refractivity contribution in [2.24, 2.45) is 5.92 Å². The molecule has 0 radical (unpaired) electrons. The number of benzene rings is 1. The summed E-state index contributed by atoms with van der Waals surface area (Å²) < 4.78 is 34.5. The summed E-state index contributed by atoms with van der Waals surface area (Å²) in [7, 11) is -2.00. The highest BCUT2D eigenvalue weighted by atomic mass is 32.2. The molecule has 0 saturated carbocycles. The number of fused-ring (bicyclic) bond motifs is 4. The minimum atomic E-state index is -3.55. The van der Waals surface area contributed by atoms with Crippen molar-refractivity contribution in [3.63, 3.8) is 0 Å². The van der Waals surface area contributed by atoms with E-state index in [-0.39, 0.29) is 22.3 Å². The summed E-state index contributed by atoms with van der Waals surface area (Å²) >= 11 is 0. The Morgan fingerprint density at radius 1 is 1.04 bits per heavy atom. The Hall–Kier alpha value is -2.12. The van der Waals surface area contributed by atoms with Crippen molar-refractivity contribution in [2.75, 3.05) is 20.2 Å². The molecule has 25 heavy (non-hydrogen) atoms. The van der Waals surface area contributed by atoms with Crippen molar-refractivity contribution in [1.29, 1.82) is 0 Å². The first-order chi connectivity index (χ1) is 12.0. The quantitative estimate of drug-likeness (QED) is 0.835. The molecule has 2 bridgehead atoms. The van der Waals surface area contributed by atoms with Gasteiger partial charge < -0.3 is 9.30 Å². The Morgan fingerprint density at radius 2 is 1.80 bits per heavy atom. The van der Waals surface area contributed by atoms with Gasteiger partial charge in [0.25, 0.3) is 5.56 Å². The van der Waals surface area contributed by atoms with Gasteiger partial charge in [-0.1, -0.05) is 6.07 Å². The molecule has 3 heterocycles. The average Bonchev–Trinajstić information content (AvgIpc) is 2.62. The maximum Gasteiger partial charge on any atom is 0.250 e. The number of nitrogens with zero attached hydrogens (tertiary/aromatic N) is 2. The molecule has 2 atom stereocenters. The predicted octanol–water partition coefficient (Wildman–Crippen LogP) is 1.66. The molecule has 1 aromatic carbocycles. The highest BCUT2D eigenvalue weighted by molar-refractivity contribution is 7.89. The fourth-order valence-corrected chi connectivity index (χ4v) is 5.51. The predicted molar refractivity (Wildman–Crippen MR) is 93.3 cm³/mol. The molecular weight excluding hydrogens is 340 g/mol. The molecule has 0 amide bonds. The Balaban J connectivity index is 1.66. The van der Waals surface area contributed by atoms with E-state index in [4.69, 9.17) is 4.74 Å². The van der Waals surface area contributed by atoms with Gasteiger partial charge in [0.15, 0.2) is 0 Å². The summed E-state index contributed by atoms with van der Waals surface area (Å²) in [5.74, 6) is 0.858. The highest BCUT2D eigenvalue weighted by Crippen LogP contribution is 2.37. The molecule has 6 nitrogen and oxygen atoms in total. The third-order valence-corrected chi connectivity index (χ3v) is 6.99. The van der Waals surface area contributed by atoms with Crippen LogP contribution in [0.5, 0.6) is 5.75 Å². The highest BCUT2D eigenvalue weighted by Gasteiger charge is 2.39. The molecular formula is C18H20N2O4S. The third-order valence-electron chi connectivity index (χ3n) is 5.14. The van der Waals surface area contributed by atoms with Gasteiger partial charge >= 0.3 is 0 Å². The van der Waals surface area contributed by atoms with Crippen LogP contribution in [0.1, 0.15) is 18.0 Å². The van der Waals surface area contributed by atoms with Gasteiger partial charge in [-0.2, -0.15) is 4.31 Å². The Kier molecular flexibility index (Phi) is 3.92. The van der Waals surface area contributed by atoms with E-state index in [0.29, 0.717) is 25.4 Å². The van der Waals surface area contributed by atoms with Crippen LogP contribution in [0.25, 0.3) is 0 Å². The second kappa shape index (κ2) is 6.00. The fourth-order valence-electron chi connectivity index (χ4n) is 3.95. The maximum absolute atomic E-state index is 13.0. The van der Waals surface area contributed by atoms with Crippen molar-refractivity contribution in [3.05, 3.63) is 58.5 Å². The number of ether oxygens (including phenoxy) is 1. The lowest BCUT2D eigenvalue weighted by Gasteiger charge is -2.42. The van der Waals surface area contributed by atoms with Crippen LogP contribution in [0.15, 0.2) is 52.2 Å². The molecule has 2 aliphatic heterocycles. The third kappa shape index (κ3) is 2.77. The zero-order valence-electron chi connectivity index (χ0n) is 14.0. The monoisotopic (exact) mass is 360 g/mol. The molecule has 0 spiro atoms. The van der Waals surface area contributed by atoms with Gasteiger partial charge in [-0.05, 0) is 42.7 Å². The summed E-state index contributed by atoms with van der Waals surface area (Å²) in [5.41, 5.74) is 0.942. The molecule has 0 aliphatic carbocycles. The lowest BCUT2D eigenvalue weighted by molar-refractivity contribution is 0.186. The van der Waals surface area contributed by atoms with E-state index in [9.17, 15) is 13.2 Å². The number of hydrogen-bond donors (Lipinski definition) is 0. The molecule has 7 heteroatoms. The molecule has 2 aliphatic rings. The molecule has 132 valence electrons. The van der Waals surface area contributed by atoms with E-state index in [2.05, 4.69) is 0 Å². The van der Waals surface area contributed by atoms with Gasteiger partial charge in [-0.15, -0.1) is 0 Å². The van der Waals surface area contributed by atoms with E-state index >= 15 is 0 Å². The van der Waals surface area contributed by atoms with Crippen molar-refractivity contribution in [2.45, 2.75) is 23.8 Å². The van der Waals surface area contributed by atoms with Crippen molar-refractivity contribution in [1.82, 2.24) is 8.87 Å². The van der Waals surface area contributed by atoms with E-state index < -0.39 is 10.0 Å². The lowest BCUT2D eigenvalue weighted by Crippen LogP contribution is -2.48. The number of piperidine rings is 1. The van der Waals surface area contributed by atoms with Gasteiger partial charge in [0, 0.05) is 37.3 Å². The zero-order valence-corrected chi connectivity index (χ0v) is 14.8. The van der Waals surface area contributed by atoms with Crippen molar-refractivity contribution < 1.29 is 13.2 Å². The summed E-state index contributed by atoms with van der Waals surface area (Å²) in [6.45, 7) is 1.44. The van der Waals surface area contributed by atoms with Crippen LogP contribution in [0, 0.1) is 5.92 Å². The second-order valence-electron chi connectivity index (χ2n) is 6.70. The van der Waals surface area contributed by atoms with Gasteiger partial charge in [0.1, 0.15) is 5.75 Å². The van der Waals surface area contributed by atoms with Crippen LogP contribution in [0.4, 0.5) is 0 Å². The Bertz CT molecular complexity index is 950. The minimum absolute atomic E-state index is 0.00124. The zero-order chi connectivity index (χ0) is 17.6. The van der Waals surface area contributed by atoms with E-state index in [0.717, 1.165) is 12.1 Å². The smallest absolute Gasteiger partial charge is 0.250 e. The molecule has 1 aromatic heterocycles. The largest absolute Gasteiger partial charge is 0.497 e. The summed E-state index contributed by atoms with van der Waals surface area (Å²) in [6.07, 6.45) is 0.929. The molecule has 2 aromatic rings. The number of hydrogen-bond acceptors (Lipinski definition) is 4.